The summed E-state index contributed by atoms with van der Waals surface area (Å²) in [7, 11) is 0. The number of pyridine rings is 1. The number of amides is 1. The summed E-state index contributed by atoms with van der Waals surface area (Å²) in [5.41, 5.74) is 0.729. The summed E-state index contributed by atoms with van der Waals surface area (Å²) in [5.74, 6) is 1.20. The van der Waals surface area contributed by atoms with Crippen molar-refractivity contribution in [1.29, 1.82) is 0 Å². The second-order valence-electron chi connectivity index (χ2n) is 7.04. The van der Waals surface area contributed by atoms with Crippen LogP contribution in [0.1, 0.15) is 43.0 Å². The Morgan fingerprint density at radius 1 is 1.23 bits per heavy atom. The van der Waals surface area contributed by atoms with Crippen LogP contribution in [-0.2, 0) is 11.3 Å². The molecule has 1 amide bonds. The molecule has 8 nitrogen and oxygen atoms in total. The van der Waals surface area contributed by atoms with Gasteiger partial charge in [-0.15, -0.1) is 27.0 Å². The molecule has 0 unspecified atom stereocenters. The molecule has 1 saturated carbocycles. The Balaban J connectivity index is 1.37. The second-order valence-corrected chi connectivity index (χ2v) is 8.99. The molecule has 10 heteroatoms. The SMILES string of the molecule is C=CCn1c(SCC(=O)Nc2nnc(C3CCCCC3)s2)nnc1-c1ccccn1. The molecular formula is C20H23N7OS2. The molecule has 1 aliphatic rings. The van der Waals surface area contributed by atoms with Crippen molar-refractivity contribution in [2.75, 3.05) is 11.1 Å². The highest BCUT2D eigenvalue weighted by Crippen LogP contribution is 2.35. The number of thioether (sulfide) groups is 1. The van der Waals surface area contributed by atoms with Crippen LogP contribution in [0.5, 0.6) is 0 Å². The number of hydrogen-bond acceptors (Lipinski definition) is 8. The van der Waals surface area contributed by atoms with Crippen molar-refractivity contribution in [2.45, 2.75) is 49.7 Å². The molecule has 0 saturated heterocycles. The van der Waals surface area contributed by atoms with E-state index in [2.05, 4.69) is 37.3 Å². The van der Waals surface area contributed by atoms with E-state index in [-0.39, 0.29) is 11.7 Å². The largest absolute Gasteiger partial charge is 0.300 e. The maximum absolute atomic E-state index is 12.4. The molecule has 156 valence electrons. The Morgan fingerprint density at radius 2 is 2.10 bits per heavy atom. The molecule has 4 rings (SSSR count). The van der Waals surface area contributed by atoms with Gasteiger partial charge in [0.2, 0.25) is 11.0 Å². The number of allylic oxidation sites excluding steroid dienone is 1. The summed E-state index contributed by atoms with van der Waals surface area (Å²) in [6.07, 6.45) is 9.60. The summed E-state index contributed by atoms with van der Waals surface area (Å²) < 4.78 is 1.90. The zero-order valence-corrected chi connectivity index (χ0v) is 18.2. The van der Waals surface area contributed by atoms with E-state index in [0.717, 1.165) is 23.5 Å². The fourth-order valence-electron chi connectivity index (χ4n) is 3.46. The van der Waals surface area contributed by atoms with Crippen LogP contribution in [0.4, 0.5) is 5.13 Å². The monoisotopic (exact) mass is 441 g/mol. The summed E-state index contributed by atoms with van der Waals surface area (Å²) >= 11 is 2.81. The van der Waals surface area contributed by atoms with Crippen LogP contribution >= 0.6 is 23.1 Å². The van der Waals surface area contributed by atoms with Gasteiger partial charge in [0.25, 0.3) is 0 Å². The van der Waals surface area contributed by atoms with Gasteiger partial charge in [-0.25, -0.2) is 0 Å². The van der Waals surface area contributed by atoms with Crippen LogP contribution in [0.3, 0.4) is 0 Å². The first-order chi connectivity index (χ1) is 14.7. The van der Waals surface area contributed by atoms with Crippen molar-refractivity contribution >= 4 is 34.1 Å². The van der Waals surface area contributed by atoms with Crippen LogP contribution in [0.2, 0.25) is 0 Å². The summed E-state index contributed by atoms with van der Waals surface area (Å²) in [5, 5.41) is 22.0. The molecule has 0 radical (unpaired) electrons. The number of nitrogens with zero attached hydrogens (tertiary/aromatic N) is 6. The molecule has 1 aliphatic carbocycles. The fraction of sp³-hybridized carbons (Fsp3) is 0.400. The molecule has 0 bridgehead atoms. The summed E-state index contributed by atoms with van der Waals surface area (Å²) in [4.78, 5) is 16.8. The minimum Gasteiger partial charge on any atom is -0.300 e. The van der Waals surface area contributed by atoms with E-state index in [1.807, 2.05) is 22.8 Å². The molecule has 3 heterocycles. The van der Waals surface area contributed by atoms with E-state index in [4.69, 9.17) is 0 Å². The Morgan fingerprint density at radius 3 is 2.87 bits per heavy atom. The van der Waals surface area contributed by atoms with E-state index in [0.29, 0.717) is 28.6 Å². The number of aromatic nitrogens is 6. The molecule has 3 aromatic rings. The maximum Gasteiger partial charge on any atom is 0.236 e. The Bertz CT molecular complexity index is 996. The van der Waals surface area contributed by atoms with Gasteiger partial charge in [-0.1, -0.05) is 54.5 Å². The Hall–Kier alpha value is -2.59. The number of nitrogens with one attached hydrogen (secondary N) is 1. The van der Waals surface area contributed by atoms with Crippen LogP contribution < -0.4 is 5.32 Å². The lowest BCUT2D eigenvalue weighted by Gasteiger charge is -2.18. The van der Waals surface area contributed by atoms with Gasteiger partial charge >= 0.3 is 0 Å². The lowest BCUT2D eigenvalue weighted by atomic mass is 9.90. The molecule has 0 aliphatic heterocycles. The van der Waals surface area contributed by atoms with Crippen LogP contribution in [-0.4, -0.2) is 41.6 Å². The van der Waals surface area contributed by atoms with Crippen molar-refractivity contribution in [3.05, 3.63) is 42.1 Å². The summed E-state index contributed by atoms with van der Waals surface area (Å²) in [6.45, 7) is 4.34. The standard InChI is InChI=1S/C20H23N7OS2/c1-2-12-27-17(15-10-6-7-11-21-15)23-26-20(27)29-13-16(28)22-19-25-24-18(30-19)14-8-4-3-5-9-14/h2,6-7,10-11,14H,1,3-5,8-9,12-13H2,(H,22,25,28). The first-order valence-corrected chi connectivity index (χ1v) is 11.8. The number of carbonyl (C=O) groups excluding carboxylic acids is 1. The third kappa shape index (κ3) is 4.93. The molecule has 1 N–H and O–H groups in total. The van der Waals surface area contributed by atoms with E-state index in [1.54, 1.807) is 12.3 Å². The molecule has 0 spiro atoms. The van der Waals surface area contributed by atoms with Gasteiger partial charge in [0.1, 0.15) is 10.7 Å². The van der Waals surface area contributed by atoms with Gasteiger partial charge in [-0.2, -0.15) is 0 Å². The van der Waals surface area contributed by atoms with Crippen LogP contribution in [0, 0.1) is 0 Å². The number of rotatable bonds is 8. The van der Waals surface area contributed by atoms with Crippen molar-refractivity contribution in [1.82, 2.24) is 29.9 Å². The van der Waals surface area contributed by atoms with Crippen molar-refractivity contribution in [3.63, 3.8) is 0 Å². The number of hydrogen-bond donors (Lipinski definition) is 1. The third-order valence-corrected chi connectivity index (χ3v) is 6.86. The third-order valence-electron chi connectivity index (χ3n) is 4.90. The average molecular weight is 442 g/mol. The van der Waals surface area contributed by atoms with E-state index < -0.39 is 0 Å². The zero-order valence-electron chi connectivity index (χ0n) is 16.5. The smallest absolute Gasteiger partial charge is 0.236 e. The average Bonchev–Trinajstić information content (AvgIpc) is 3.41. The first-order valence-electron chi connectivity index (χ1n) is 9.96. The normalized spacial score (nSPS) is 14.5. The molecular weight excluding hydrogens is 418 g/mol. The zero-order chi connectivity index (χ0) is 20.8. The van der Waals surface area contributed by atoms with Crippen LogP contribution in [0.15, 0.2) is 42.2 Å². The van der Waals surface area contributed by atoms with Crippen LogP contribution in [0.25, 0.3) is 11.5 Å². The second kappa shape index (κ2) is 9.94. The van der Waals surface area contributed by atoms with Gasteiger partial charge in [-0.3, -0.25) is 19.7 Å². The number of anilines is 1. The highest BCUT2D eigenvalue weighted by Gasteiger charge is 2.21. The van der Waals surface area contributed by atoms with E-state index in [9.17, 15) is 4.79 Å². The lowest BCUT2D eigenvalue weighted by molar-refractivity contribution is -0.113. The molecule has 3 aromatic heterocycles. The molecule has 0 aromatic carbocycles. The predicted octanol–water partition coefficient (Wildman–Crippen LogP) is 4.16. The minimum absolute atomic E-state index is 0.140. The Kier molecular flexibility index (Phi) is 6.85. The topological polar surface area (TPSA) is 98.5 Å². The minimum atomic E-state index is -0.140. The predicted molar refractivity (Wildman–Crippen MR) is 119 cm³/mol. The van der Waals surface area contributed by atoms with Crippen molar-refractivity contribution in [2.24, 2.45) is 0 Å². The lowest BCUT2D eigenvalue weighted by Crippen LogP contribution is -2.14. The van der Waals surface area contributed by atoms with Gasteiger partial charge < -0.3 is 0 Å². The maximum atomic E-state index is 12.4. The summed E-state index contributed by atoms with van der Waals surface area (Å²) in [6, 6.07) is 5.63. The van der Waals surface area contributed by atoms with E-state index in [1.165, 1.54) is 42.4 Å². The quantitative estimate of drug-likeness (QED) is 0.414. The molecule has 30 heavy (non-hydrogen) atoms. The highest BCUT2D eigenvalue weighted by atomic mass is 32.2. The number of carbonyl (C=O) groups is 1. The van der Waals surface area contributed by atoms with E-state index >= 15 is 0 Å². The van der Waals surface area contributed by atoms with Crippen molar-refractivity contribution in [3.8, 4) is 11.5 Å². The van der Waals surface area contributed by atoms with Gasteiger partial charge in [-0.05, 0) is 25.0 Å². The molecule has 0 atom stereocenters. The van der Waals surface area contributed by atoms with Gasteiger partial charge in [0.15, 0.2) is 11.0 Å². The first kappa shape index (κ1) is 20.7. The molecule has 1 fully saturated rings. The Labute approximate surface area is 183 Å². The van der Waals surface area contributed by atoms with Gasteiger partial charge in [0, 0.05) is 18.7 Å². The fourth-order valence-corrected chi connectivity index (χ4v) is 5.14. The van der Waals surface area contributed by atoms with Crippen molar-refractivity contribution < 1.29 is 4.79 Å². The van der Waals surface area contributed by atoms with Gasteiger partial charge in [0.05, 0.1) is 5.75 Å². The highest BCUT2D eigenvalue weighted by molar-refractivity contribution is 7.99.